The molecule has 9 heteroatoms. The van der Waals surface area contributed by atoms with E-state index in [1.165, 1.54) is 17.6 Å². The zero-order chi connectivity index (χ0) is 22.9. The first-order chi connectivity index (χ1) is 16.0. The molecule has 164 valence electrons. The molecule has 0 aliphatic carbocycles. The molecule has 0 spiro atoms. The second kappa shape index (κ2) is 8.36. The molecule has 0 unspecified atom stereocenters. The number of thiazole rings is 1. The van der Waals surface area contributed by atoms with Gasteiger partial charge in [-0.1, -0.05) is 47.7 Å². The van der Waals surface area contributed by atoms with Crippen LogP contribution in [-0.4, -0.2) is 32.5 Å². The molecule has 5 rings (SSSR count). The minimum absolute atomic E-state index is 0.142. The van der Waals surface area contributed by atoms with E-state index >= 15 is 0 Å². The van der Waals surface area contributed by atoms with Crippen molar-refractivity contribution in [3.63, 3.8) is 0 Å². The number of aliphatic imine (C=N–C) groups is 1. The van der Waals surface area contributed by atoms with Crippen LogP contribution in [0.1, 0.15) is 12.5 Å². The molecule has 3 aromatic carbocycles. The van der Waals surface area contributed by atoms with Crippen molar-refractivity contribution in [1.29, 1.82) is 0 Å². The SMILES string of the molecule is CCOc1ccc2nc(N=Cc3c(O)n(-c4cccc5ccccc45)c(=O)[nH]c3=O)sc2c1. The van der Waals surface area contributed by atoms with Crippen molar-refractivity contribution in [2.24, 2.45) is 4.99 Å². The van der Waals surface area contributed by atoms with E-state index in [0.29, 0.717) is 17.4 Å². The number of benzene rings is 3. The number of hydrogen-bond donors (Lipinski definition) is 2. The Morgan fingerprint density at radius 2 is 1.97 bits per heavy atom. The molecule has 0 amide bonds. The third kappa shape index (κ3) is 3.79. The van der Waals surface area contributed by atoms with Crippen molar-refractivity contribution in [1.82, 2.24) is 14.5 Å². The van der Waals surface area contributed by atoms with Gasteiger partial charge in [0.05, 0.1) is 22.5 Å². The van der Waals surface area contributed by atoms with Crippen LogP contribution < -0.4 is 16.0 Å². The highest BCUT2D eigenvalue weighted by atomic mass is 32.1. The second-order valence-electron chi connectivity index (χ2n) is 7.15. The Bertz CT molecular complexity index is 1640. The van der Waals surface area contributed by atoms with Crippen molar-refractivity contribution in [3.05, 3.63) is 87.1 Å². The number of nitrogens with zero attached hydrogens (tertiary/aromatic N) is 3. The van der Waals surface area contributed by atoms with Gasteiger partial charge in [-0.25, -0.2) is 19.3 Å². The maximum absolute atomic E-state index is 12.6. The Kier molecular flexibility index (Phi) is 5.23. The maximum atomic E-state index is 12.6. The fourth-order valence-corrected chi connectivity index (χ4v) is 4.45. The van der Waals surface area contributed by atoms with Crippen LogP contribution in [0.3, 0.4) is 0 Å². The topological polar surface area (TPSA) is 110 Å². The maximum Gasteiger partial charge on any atom is 0.335 e. The Labute approximate surface area is 191 Å². The summed E-state index contributed by atoms with van der Waals surface area (Å²) < 4.78 is 7.46. The summed E-state index contributed by atoms with van der Waals surface area (Å²) in [6.45, 7) is 2.47. The van der Waals surface area contributed by atoms with Crippen molar-refractivity contribution in [2.75, 3.05) is 6.61 Å². The van der Waals surface area contributed by atoms with Gasteiger partial charge in [-0.15, -0.1) is 0 Å². The number of H-pyrrole nitrogens is 1. The highest BCUT2D eigenvalue weighted by Crippen LogP contribution is 2.31. The number of aromatic hydroxyl groups is 1. The molecular formula is C24H18N4O4S. The highest BCUT2D eigenvalue weighted by Gasteiger charge is 2.16. The summed E-state index contributed by atoms with van der Waals surface area (Å²) in [6.07, 6.45) is 1.22. The average molecular weight is 458 g/mol. The molecule has 0 saturated heterocycles. The van der Waals surface area contributed by atoms with Crippen LogP contribution in [-0.2, 0) is 0 Å². The molecule has 33 heavy (non-hydrogen) atoms. The van der Waals surface area contributed by atoms with Crippen LogP contribution in [0.15, 0.2) is 75.2 Å². The zero-order valence-corrected chi connectivity index (χ0v) is 18.3. The van der Waals surface area contributed by atoms with Gasteiger partial charge in [-0.3, -0.25) is 9.78 Å². The number of ether oxygens (including phenoxy) is 1. The molecule has 0 aliphatic rings. The minimum atomic E-state index is -0.741. The van der Waals surface area contributed by atoms with E-state index in [4.69, 9.17) is 4.74 Å². The lowest BCUT2D eigenvalue weighted by Crippen LogP contribution is -2.31. The lowest BCUT2D eigenvalue weighted by molar-refractivity contribution is 0.341. The summed E-state index contributed by atoms with van der Waals surface area (Å²) in [7, 11) is 0. The predicted molar refractivity (Wildman–Crippen MR) is 130 cm³/mol. The van der Waals surface area contributed by atoms with Crippen LogP contribution >= 0.6 is 11.3 Å². The molecule has 2 aromatic heterocycles. The smallest absolute Gasteiger partial charge is 0.335 e. The zero-order valence-electron chi connectivity index (χ0n) is 17.5. The highest BCUT2D eigenvalue weighted by molar-refractivity contribution is 7.22. The van der Waals surface area contributed by atoms with Gasteiger partial charge in [0, 0.05) is 11.6 Å². The molecule has 2 N–H and O–H groups in total. The van der Waals surface area contributed by atoms with E-state index in [2.05, 4.69) is 15.0 Å². The average Bonchev–Trinajstić information content (AvgIpc) is 3.21. The third-order valence-electron chi connectivity index (χ3n) is 5.09. The first-order valence-electron chi connectivity index (χ1n) is 10.2. The Morgan fingerprint density at radius 3 is 2.82 bits per heavy atom. The molecule has 0 saturated carbocycles. The summed E-state index contributed by atoms with van der Waals surface area (Å²) >= 11 is 1.32. The Morgan fingerprint density at radius 1 is 1.15 bits per heavy atom. The molecule has 2 heterocycles. The molecule has 0 radical (unpaired) electrons. The first-order valence-corrected chi connectivity index (χ1v) is 11.0. The number of aromatic nitrogens is 3. The fourth-order valence-electron chi connectivity index (χ4n) is 3.61. The lowest BCUT2D eigenvalue weighted by Gasteiger charge is -2.12. The largest absolute Gasteiger partial charge is 0.494 e. The van der Waals surface area contributed by atoms with E-state index in [1.54, 1.807) is 12.1 Å². The summed E-state index contributed by atoms with van der Waals surface area (Å²) in [4.78, 5) is 36.1. The Hall–Kier alpha value is -4.24. The molecule has 0 fully saturated rings. The van der Waals surface area contributed by atoms with Crippen LogP contribution in [0.4, 0.5) is 5.13 Å². The van der Waals surface area contributed by atoms with Crippen molar-refractivity contribution in [3.8, 4) is 17.3 Å². The fraction of sp³-hybridized carbons (Fsp3) is 0.0833. The molecule has 5 aromatic rings. The van der Waals surface area contributed by atoms with E-state index in [-0.39, 0.29) is 5.56 Å². The van der Waals surface area contributed by atoms with Gasteiger partial charge in [0.1, 0.15) is 11.3 Å². The van der Waals surface area contributed by atoms with E-state index < -0.39 is 17.1 Å². The van der Waals surface area contributed by atoms with Gasteiger partial charge in [0.2, 0.25) is 11.0 Å². The normalized spacial score (nSPS) is 11.5. The third-order valence-corrected chi connectivity index (χ3v) is 6.02. The van der Waals surface area contributed by atoms with Crippen LogP contribution in [0, 0.1) is 0 Å². The summed E-state index contributed by atoms with van der Waals surface area (Å²) in [5, 5.41) is 12.9. The number of aromatic amines is 1. The molecular weight excluding hydrogens is 440 g/mol. The first kappa shape index (κ1) is 20.7. The molecule has 0 aliphatic heterocycles. The summed E-state index contributed by atoms with van der Waals surface area (Å²) in [5.41, 5.74) is -0.428. The van der Waals surface area contributed by atoms with Crippen LogP contribution in [0.25, 0.3) is 26.7 Å². The van der Waals surface area contributed by atoms with Gasteiger partial charge >= 0.3 is 5.69 Å². The number of hydrogen-bond acceptors (Lipinski definition) is 7. The lowest BCUT2D eigenvalue weighted by atomic mass is 10.1. The standard InChI is InChI=1S/C24H18N4O4S/c1-2-32-15-10-11-18-20(12-15)33-23(26-18)25-13-17-21(29)27-24(31)28(22(17)30)19-9-5-7-14-6-3-4-8-16(14)19/h3-13,30H,2H2,1H3,(H,27,29,31). The van der Waals surface area contributed by atoms with Gasteiger partial charge in [-0.05, 0) is 36.6 Å². The van der Waals surface area contributed by atoms with Crippen molar-refractivity contribution >= 4 is 43.7 Å². The van der Waals surface area contributed by atoms with Crippen LogP contribution in [0.2, 0.25) is 0 Å². The van der Waals surface area contributed by atoms with Gasteiger partial charge in [0.15, 0.2) is 0 Å². The van der Waals surface area contributed by atoms with Gasteiger partial charge in [-0.2, -0.15) is 0 Å². The van der Waals surface area contributed by atoms with Gasteiger partial charge < -0.3 is 9.84 Å². The van der Waals surface area contributed by atoms with E-state index in [9.17, 15) is 14.7 Å². The number of nitrogens with one attached hydrogen (secondary N) is 1. The van der Waals surface area contributed by atoms with E-state index in [1.807, 2.05) is 55.5 Å². The van der Waals surface area contributed by atoms with Crippen LogP contribution in [0.5, 0.6) is 11.6 Å². The predicted octanol–water partition coefficient (Wildman–Crippen LogP) is 4.14. The minimum Gasteiger partial charge on any atom is -0.494 e. The van der Waals surface area contributed by atoms with Crippen molar-refractivity contribution in [2.45, 2.75) is 6.92 Å². The quantitative estimate of drug-likeness (QED) is 0.385. The second-order valence-corrected chi connectivity index (χ2v) is 8.16. The van der Waals surface area contributed by atoms with E-state index in [0.717, 1.165) is 31.3 Å². The summed E-state index contributed by atoms with van der Waals surface area (Å²) in [6, 6.07) is 18.4. The van der Waals surface area contributed by atoms with Crippen molar-refractivity contribution < 1.29 is 9.84 Å². The Balaban J connectivity index is 1.60. The van der Waals surface area contributed by atoms with Gasteiger partial charge in [0.25, 0.3) is 5.56 Å². The molecule has 0 atom stereocenters. The number of fused-ring (bicyclic) bond motifs is 2. The molecule has 0 bridgehead atoms. The summed E-state index contributed by atoms with van der Waals surface area (Å²) in [5.74, 6) is 0.240. The monoisotopic (exact) mass is 458 g/mol. The molecule has 8 nitrogen and oxygen atoms in total. The number of rotatable bonds is 5.